The maximum absolute atomic E-state index is 11.6. The maximum atomic E-state index is 11.6. The van der Waals surface area contributed by atoms with Crippen molar-refractivity contribution in [1.82, 2.24) is 0 Å². The summed E-state index contributed by atoms with van der Waals surface area (Å²) in [5.41, 5.74) is 2.45. The van der Waals surface area contributed by atoms with Crippen LogP contribution in [-0.2, 0) is 4.79 Å². The minimum absolute atomic E-state index is 0.0211. The molecule has 2 rings (SSSR count). The predicted molar refractivity (Wildman–Crippen MR) is 99.4 cm³/mol. The van der Waals surface area contributed by atoms with E-state index in [-0.39, 0.29) is 5.91 Å². The van der Waals surface area contributed by atoms with Crippen LogP contribution in [-0.4, -0.2) is 27.2 Å². The number of hydrogen-bond donors (Lipinski definition) is 2. The molecule has 2 aromatic rings. The van der Waals surface area contributed by atoms with E-state index in [0.717, 1.165) is 23.5 Å². The standard InChI is InChI=1S/C19H24N2O4/c1-5-6-18(22)21-14-9-7-13(8-10-14)20-15-11-16(23-2)19(25-4)17(12-15)24-3/h7-12,20H,5-6H2,1-4H3,(H,21,22). The molecule has 0 radical (unpaired) electrons. The van der Waals surface area contributed by atoms with Gasteiger partial charge >= 0.3 is 0 Å². The van der Waals surface area contributed by atoms with Crippen molar-refractivity contribution in [2.24, 2.45) is 0 Å². The lowest BCUT2D eigenvalue weighted by molar-refractivity contribution is -0.116. The van der Waals surface area contributed by atoms with Crippen molar-refractivity contribution < 1.29 is 19.0 Å². The van der Waals surface area contributed by atoms with Gasteiger partial charge in [-0.15, -0.1) is 0 Å². The van der Waals surface area contributed by atoms with Crippen molar-refractivity contribution >= 4 is 23.0 Å². The summed E-state index contributed by atoms with van der Waals surface area (Å²) in [5.74, 6) is 1.72. The van der Waals surface area contributed by atoms with Crippen LogP contribution in [0.1, 0.15) is 19.8 Å². The van der Waals surface area contributed by atoms with Crippen LogP contribution in [0, 0.1) is 0 Å². The van der Waals surface area contributed by atoms with Gasteiger partial charge < -0.3 is 24.8 Å². The second kappa shape index (κ2) is 8.82. The zero-order valence-electron chi connectivity index (χ0n) is 15.0. The van der Waals surface area contributed by atoms with Crippen molar-refractivity contribution in [2.45, 2.75) is 19.8 Å². The SMILES string of the molecule is CCCC(=O)Nc1ccc(Nc2cc(OC)c(OC)c(OC)c2)cc1. The molecule has 0 bridgehead atoms. The van der Waals surface area contributed by atoms with Crippen LogP contribution in [0.4, 0.5) is 17.1 Å². The number of rotatable bonds is 8. The van der Waals surface area contributed by atoms with E-state index in [9.17, 15) is 4.79 Å². The van der Waals surface area contributed by atoms with E-state index in [0.29, 0.717) is 23.7 Å². The maximum Gasteiger partial charge on any atom is 0.224 e. The van der Waals surface area contributed by atoms with Crippen molar-refractivity contribution in [3.05, 3.63) is 36.4 Å². The van der Waals surface area contributed by atoms with Crippen molar-refractivity contribution in [1.29, 1.82) is 0 Å². The van der Waals surface area contributed by atoms with E-state index in [2.05, 4.69) is 10.6 Å². The van der Waals surface area contributed by atoms with E-state index < -0.39 is 0 Å². The number of carbonyl (C=O) groups excluding carboxylic acids is 1. The molecule has 0 aliphatic carbocycles. The van der Waals surface area contributed by atoms with Gasteiger partial charge in [-0.3, -0.25) is 4.79 Å². The highest BCUT2D eigenvalue weighted by Gasteiger charge is 2.13. The van der Waals surface area contributed by atoms with Gasteiger partial charge in [-0.2, -0.15) is 0 Å². The third-order valence-corrected chi connectivity index (χ3v) is 3.60. The predicted octanol–water partition coefficient (Wildman–Crippen LogP) is 4.19. The Kier molecular flexibility index (Phi) is 6.51. The fourth-order valence-corrected chi connectivity index (χ4v) is 2.41. The van der Waals surface area contributed by atoms with Crippen LogP contribution in [0.5, 0.6) is 17.2 Å². The highest BCUT2D eigenvalue weighted by molar-refractivity contribution is 5.90. The van der Waals surface area contributed by atoms with Crippen LogP contribution < -0.4 is 24.8 Å². The second-order valence-electron chi connectivity index (χ2n) is 5.41. The highest BCUT2D eigenvalue weighted by atomic mass is 16.5. The molecule has 0 saturated heterocycles. The van der Waals surface area contributed by atoms with E-state index in [1.807, 2.05) is 43.3 Å². The summed E-state index contributed by atoms with van der Waals surface area (Å²) in [5, 5.41) is 6.14. The molecular formula is C19H24N2O4. The first-order chi connectivity index (χ1) is 12.1. The van der Waals surface area contributed by atoms with Crippen molar-refractivity contribution in [3.8, 4) is 17.2 Å². The lowest BCUT2D eigenvalue weighted by Gasteiger charge is -2.15. The summed E-state index contributed by atoms with van der Waals surface area (Å²) in [4.78, 5) is 11.6. The van der Waals surface area contributed by atoms with Crippen molar-refractivity contribution in [3.63, 3.8) is 0 Å². The molecule has 0 aliphatic heterocycles. The zero-order valence-corrected chi connectivity index (χ0v) is 15.0. The van der Waals surface area contributed by atoms with Gasteiger partial charge in [0.2, 0.25) is 11.7 Å². The normalized spacial score (nSPS) is 10.1. The summed E-state index contributed by atoms with van der Waals surface area (Å²) in [6, 6.07) is 11.2. The largest absolute Gasteiger partial charge is 0.493 e. The number of hydrogen-bond acceptors (Lipinski definition) is 5. The molecule has 25 heavy (non-hydrogen) atoms. The Morgan fingerprint density at radius 1 is 0.880 bits per heavy atom. The summed E-state index contributed by atoms with van der Waals surface area (Å²) in [7, 11) is 4.72. The Hall–Kier alpha value is -2.89. The van der Waals surface area contributed by atoms with Gasteiger partial charge in [-0.05, 0) is 30.7 Å². The lowest BCUT2D eigenvalue weighted by Crippen LogP contribution is -2.10. The molecule has 2 N–H and O–H groups in total. The Balaban J connectivity index is 2.15. The molecule has 134 valence electrons. The number of ether oxygens (including phenoxy) is 3. The molecule has 1 amide bonds. The topological polar surface area (TPSA) is 68.8 Å². The summed E-state index contributed by atoms with van der Waals surface area (Å²) >= 11 is 0. The van der Waals surface area contributed by atoms with Gasteiger partial charge in [0.15, 0.2) is 11.5 Å². The quantitative estimate of drug-likeness (QED) is 0.751. The number of anilines is 3. The Morgan fingerprint density at radius 2 is 1.44 bits per heavy atom. The minimum Gasteiger partial charge on any atom is -0.493 e. The van der Waals surface area contributed by atoms with Crippen molar-refractivity contribution in [2.75, 3.05) is 32.0 Å². The van der Waals surface area contributed by atoms with E-state index >= 15 is 0 Å². The van der Waals surface area contributed by atoms with Gasteiger partial charge in [0.25, 0.3) is 0 Å². The van der Waals surface area contributed by atoms with Crippen LogP contribution in [0.25, 0.3) is 0 Å². The molecule has 0 aromatic heterocycles. The molecule has 0 unspecified atom stereocenters. The number of carbonyl (C=O) groups is 1. The average molecular weight is 344 g/mol. The molecule has 6 heteroatoms. The van der Waals surface area contributed by atoms with Gasteiger partial charge in [0, 0.05) is 35.6 Å². The fraction of sp³-hybridized carbons (Fsp3) is 0.316. The molecule has 0 atom stereocenters. The molecule has 0 fully saturated rings. The van der Waals surface area contributed by atoms with Crippen LogP contribution >= 0.6 is 0 Å². The minimum atomic E-state index is 0.0211. The van der Waals surface area contributed by atoms with Gasteiger partial charge in [0.05, 0.1) is 21.3 Å². The molecule has 0 heterocycles. The third kappa shape index (κ3) is 4.79. The zero-order chi connectivity index (χ0) is 18.2. The number of nitrogens with one attached hydrogen (secondary N) is 2. The average Bonchev–Trinajstić information content (AvgIpc) is 2.62. The van der Waals surface area contributed by atoms with E-state index in [1.54, 1.807) is 21.3 Å². The van der Waals surface area contributed by atoms with E-state index in [4.69, 9.17) is 14.2 Å². The second-order valence-corrected chi connectivity index (χ2v) is 5.41. The molecule has 2 aromatic carbocycles. The van der Waals surface area contributed by atoms with Crippen LogP contribution in [0.2, 0.25) is 0 Å². The molecule has 0 aliphatic rings. The summed E-state index contributed by atoms with van der Waals surface area (Å²) in [6.07, 6.45) is 1.35. The summed E-state index contributed by atoms with van der Waals surface area (Å²) in [6.45, 7) is 1.98. The van der Waals surface area contributed by atoms with Crippen LogP contribution in [0.15, 0.2) is 36.4 Å². The molecule has 0 spiro atoms. The van der Waals surface area contributed by atoms with Gasteiger partial charge in [-0.25, -0.2) is 0 Å². The molecular weight excluding hydrogens is 320 g/mol. The number of methoxy groups -OCH3 is 3. The highest BCUT2D eigenvalue weighted by Crippen LogP contribution is 2.40. The third-order valence-electron chi connectivity index (χ3n) is 3.60. The first kappa shape index (κ1) is 18.4. The Labute approximate surface area is 148 Å². The smallest absolute Gasteiger partial charge is 0.224 e. The first-order valence-electron chi connectivity index (χ1n) is 8.08. The number of benzene rings is 2. The first-order valence-corrected chi connectivity index (χ1v) is 8.08. The van der Waals surface area contributed by atoms with Gasteiger partial charge in [-0.1, -0.05) is 6.92 Å². The number of amides is 1. The van der Waals surface area contributed by atoms with Gasteiger partial charge in [0.1, 0.15) is 0 Å². The van der Waals surface area contributed by atoms with Crippen LogP contribution in [0.3, 0.4) is 0 Å². The molecule has 0 saturated carbocycles. The van der Waals surface area contributed by atoms with E-state index in [1.165, 1.54) is 0 Å². The summed E-state index contributed by atoms with van der Waals surface area (Å²) < 4.78 is 16.0. The Bertz CT molecular complexity index is 689. The lowest BCUT2D eigenvalue weighted by atomic mass is 10.2. The molecule has 6 nitrogen and oxygen atoms in total. The Morgan fingerprint density at radius 3 is 1.92 bits per heavy atom. The fourth-order valence-electron chi connectivity index (χ4n) is 2.41. The monoisotopic (exact) mass is 344 g/mol.